The number of methoxy groups -OCH3 is 1. The van der Waals surface area contributed by atoms with Crippen LogP contribution < -0.4 is 4.74 Å². The standard InChI is InChI=1S/C23H25N3O6S/c1-30-20-12-11-18(33(28,29)26-13-7-2-3-8-14-26)15-19(20)23(27)31-16-21-24-22(25-32-21)17-9-5-4-6-10-17/h4-6,9-12,15H,2-3,7-8,13-14,16H2,1H3. The van der Waals surface area contributed by atoms with Crippen LogP contribution in [0.15, 0.2) is 57.9 Å². The maximum Gasteiger partial charge on any atom is 0.342 e. The third-order valence-electron chi connectivity index (χ3n) is 5.42. The number of aromatic nitrogens is 2. The van der Waals surface area contributed by atoms with Gasteiger partial charge in [0.2, 0.25) is 15.8 Å². The molecule has 3 aromatic rings. The molecular weight excluding hydrogens is 446 g/mol. The van der Waals surface area contributed by atoms with Gasteiger partial charge in [0.05, 0.1) is 12.0 Å². The van der Waals surface area contributed by atoms with Crippen LogP contribution in [-0.2, 0) is 21.4 Å². The highest BCUT2D eigenvalue weighted by Gasteiger charge is 2.27. The van der Waals surface area contributed by atoms with Crippen LogP contribution in [0.2, 0.25) is 0 Å². The first kappa shape index (κ1) is 22.9. The Balaban J connectivity index is 1.51. The summed E-state index contributed by atoms with van der Waals surface area (Å²) in [4.78, 5) is 17.0. The van der Waals surface area contributed by atoms with Crippen LogP contribution in [0.1, 0.15) is 41.9 Å². The zero-order valence-electron chi connectivity index (χ0n) is 18.3. The average Bonchev–Trinajstić information content (AvgIpc) is 3.14. The van der Waals surface area contributed by atoms with Crippen molar-refractivity contribution >= 4 is 16.0 Å². The highest BCUT2D eigenvalue weighted by molar-refractivity contribution is 7.89. The van der Waals surface area contributed by atoms with Crippen molar-refractivity contribution < 1.29 is 27.2 Å². The van der Waals surface area contributed by atoms with Crippen LogP contribution in [0.4, 0.5) is 0 Å². The number of hydrogen-bond acceptors (Lipinski definition) is 8. The van der Waals surface area contributed by atoms with E-state index in [-0.39, 0.29) is 28.7 Å². The molecule has 4 rings (SSSR count). The lowest BCUT2D eigenvalue weighted by molar-refractivity contribution is 0.0426. The average molecular weight is 472 g/mol. The Morgan fingerprint density at radius 3 is 2.48 bits per heavy atom. The summed E-state index contributed by atoms with van der Waals surface area (Å²) in [6.07, 6.45) is 3.65. The van der Waals surface area contributed by atoms with Crippen LogP contribution >= 0.6 is 0 Å². The molecule has 1 fully saturated rings. The van der Waals surface area contributed by atoms with E-state index in [2.05, 4.69) is 10.1 Å². The number of carbonyl (C=O) groups is 1. The number of nitrogens with zero attached hydrogens (tertiary/aromatic N) is 3. The second kappa shape index (κ2) is 10.1. The molecule has 1 aliphatic heterocycles. The van der Waals surface area contributed by atoms with Gasteiger partial charge < -0.3 is 14.0 Å². The van der Waals surface area contributed by atoms with Gasteiger partial charge in [0.1, 0.15) is 11.3 Å². The lowest BCUT2D eigenvalue weighted by Crippen LogP contribution is -2.32. The van der Waals surface area contributed by atoms with Crippen LogP contribution in [0.3, 0.4) is 0 Å². The lowest BCUT2D eigenvalue weighted by Gasteiger charge is -2.20. The van der Waals surface area contributed by atoms with Crippen LogP contribution in [0.25, 0.3) is 11.4 Å². The number of benzene rings is 2. The number of hydrogen-bond donors (Lipinski definition) is 0. The summed E-state index contributed by atoms with van der Waals surface area (Å²) in [6, 6.07) is 13.4. The van der Waals surface area contributed by atoms with Gasteiger partial charge in [-0.3, -0.25) is 0 Å². The summed E-state index contributed by atoms with van der Waals surface area (Å²) >= 11 is 0. The van der Waals surface area contributed by atoms with Crippen molar-refractivity contribution in [2.24, 2.45) is 0 Å². The van der Waals surface area contributed by atoms with Gasteiger partial charge in [-0.05, 0) is 31.0 Å². The van der Waals surface area contributed by atoms with Gasteiger partial charge in [0.15, 0.2) is 6.61 Å². The molecule has 1 saturated heterocycles. The van der Waals surface area contributed by atoms with E-state index in [1.54, 1.807) is 0 Å². The Hall–Kier alpha value is -3.24. The van der Waals surface area contributed by atoms with Crippen molar-refractivity contribution in [3.05, 3.63) is 60.0 Å². The molecule has 2 aromatic carbocycles. The van der Waals surface area contributed by atoms with E-state index >= 15 is 0 Å². The normalized spacial score (nSPS) is 15.1. The molecule has 0 saturated carbocycles. The van der Waals surface area contributed by atoms with Gasteiger partial charge in [0, 0.05) is 18.7 Å². The predicted octanol–water partition coefficient (Wildman–Crippen LogP) is 3.67. The van der Waals surface area contributed by atoms with E-state index in [1.165, 1.54) is 29.6 Å². The molecule has 0 aliphatic carbocycles. The zero-order valence-corrected chi connectivity index (χ0v) is 19.1. The van der Waals surface area contributed by atoms with Gasteiger partial charge in [-0.1, -0.05) is 48.3 Å². The molecule has 0 amide bonds. The van der Waals surface area contributed by atoms with Crippen molar-refractivity contribution in [2.45, 2.75) is 37.2 Å². The summed E-state index contributed by atoms with van der Waals surface area (Å²) in [5.74, 6) is -0.0381. The molecule has 9 nitrogen and oxygen atoms in total. The highest BCUT2D eigenvalue weighted by atomic mass is 32.2. The largest absolute Gasteiger partial charge is 0.496 e. The Morgan fingerprint density at radius 1 is 1.06 bits per heavy atom. The van der Waals surface area contributed by atoms with E-state index < -0.39 is 16.0 Å². The van der Waals surface area contributed by atoms with Crippen molar-refractivity contribution in [3.8, 4) is 17.1 Å². The maximum absolute atomic E-state index is 13.1. The summed E-state index contributed by atoms with van der Waals surface area (Å²) in [6.45, 7) is 0.676. The number of carbonyl (C=O) groups excluding carboxylic acids is 1. The minimum atomic E-state index is -3.73. The molecule has 0 N–H and O–H groups in total. The Bertz CT molecular complexity index is 1200. The first-order chi connectivity index (χ1) is 16.0. The Morgan fingerprint density at radius 2 is 1.79 bits per heavy atom. The van der Waals surface area contributed by atoms with Crippen LogP contribution in [0, 0.1) is 0 Å². The Labute approximate surface area is 192 Å². The van der Waals surface area contributed by atoms with Gasteiger partial charge in [0.25, 0.3) is 5.89 Å². The minimum Gasteiger partial charge on any atom is -0.496 e. The van der Waals surface area contributed by atoms with Crippen molar-refractivity contribution in [2.75, 3.05) is 20.2 Å². The third-order valence-corrected chi connectivity index (χ3v) is 7.32. The minimum absolute atomic E-state index is 0.0104. The third kappa shape index (κ3) is 5.23. The second-order valence-electron chi connectivity index (χ2n) is 7.63. The summed E-state index contributed by atoms with van der Waals surface area (Å²) in [5, 5.41) is 3.89. The quantitative estimate of drug-likeness (QED) is 0.480. The van der Waals surface area contributed by atoms with E-state index in [0.29, 0.717) is 18.9 Å². The fraction of sp³-hybridized carbons (Fsp3) is 0.348. The molecule has 10 heteroatoms. The van der Waals surface area contributed by atoms with Crippen LogP contribution in [-0.4, -0.2) is 49.0 Å². The number of ether oxygens (including phenoxy) is 2. The first-order valence-electron chi connectivity index (χ1n) is 10.7. The van der Waals surface area contributed by atoms with E-state index in [1.807, 2.05) is 30.3 Å². The molecule has 33 heavy (non-hydrogen) atoms. The molecule has 0 bridgehead atoms. The van der Waals surface area contributed by atoms with Gasteiger partial charge >= 0.3 is 5.97 Å². The predicted molar refractivity (Wildman–Crippen MR) is 119 cm³/mol. The molecule has 0 spiro atoms. The lowest BCUT2D eigenvalue weighted by atomic mass is 10.2. The summed E-state index contributed by atoms with van der Waals surface area (Å²) in [5.41, 5.74) is 0.781. The molecule has 174 valence electrons. The molecule has 2 heterocycles. The molecule has 0 unspecified atom stereocenters. The van der Waals surface area contributed by atoms with Crippen molar-refractivity contribution in [3.63, 3.8) is 0 Å². The van der Waals surface area contributed by atoms with Gasteiger partial charge in [-0.2, -0.15) is 9.29 Å². The van der Waals surface area contributed by atoms with Crippen molar-refractivity contribution in [1.29, 1.82) is 0 Å². The topological polar surface area (TPSA) is 112 Å². The smallest absolute Gasteiger partial charge is 0.342 e. The molecule has 1 aromatic heterocycles. The highest BCUT2D eigenvalue weighted by Crippen LogP contribution is 2.27. The van der Waals surface area contributed by atoms with E-state index in [4.69, 9.17) is 14.0 Å². The fourth-order valence-electron chi connectivity index (χ4n) is 3.66. The maximum atomic E-state index is 13.1. The fourth-order valence-corrected chi connectivity index (χ4v) is 5.21. The molecule has 0 radical (unpaired) electrons. The summed E-state index contributed by atoms with van der Waals surface area (Å²) in [7, 11) is -2.33. The molecule has 1 aliphatic rings. The van der Waals surface area contributed by atoms with E-state index in [9.17, 15) is 13.2 Å². The first-order valence-corrected chi connectivity index (χ1v) is 12.2. The second-order valence-corrected chi connectivity index (χ2v) is 9.57. The number of sulfonamides is 1. The monoisotopic (exact) mass is 471 g/mol. The van der Waals surface area contributed by atoms with Gasteiger partial charge in [-0.15, -0.1) is 0 Å². The number of rotatable bonds is 7. The molecule has 0 atom stereocenters. The SMILES string of the molecule is COc1ccc(S(=O)(=O)N2CCCCCC2)cc1C(=O)OCc1nc(-c2ccccc2)no1. The Kier molecular flexibility index (Phi) is 7.05. The van der Waals surface area contributed by atoms with E-state index in [0.717, 1.165) is 31.2 Å². The van der Waals surface area contributed by atoms with Crippen LogP contribution in [0.5, 0.6) is 5.75 Å². The number of esters is 1. The van der Waals surface area contributed by atoms with Crippen molar-refractivity contribution in [1.82, 2.24) is 14.4 Å². The van der Waals surface area contributed by atoms with Gasteiger partial charge in [-0.25, -0.2) is 13.2 Å². The molecular formula is C23H25N3O6S. The summed E-state index contributed by atoms with van der Waals surface area (Å²) < 4.78 is 43.5. The zero-order chi connectivity index (χ0) is 23.3.